The van der Waals surface area contributed by atoms with Crippen molar-refractivity contribution in [1.82, 2.24) is 5.32 Å². The molecule has 0 spiro atoms. The van der Waals surface area contributed by atoms with E-state index in [9.17, 15) is 23.6 Å². The van der Waals surface area contributed by atoms with Crippen molar-refractivity contribution in [1.29, 1.82) is 0 Å². The molecule has 11 heteroatoms. The van der Waals surface area contributed by atoms with Gasteiger partial charge in [0, 0.05) is 15.6 Å². The third-order valence-corrected chi connectivity index (χ3v) is 6.36. The number of nitrogens with one attached hydrogen (secondary N) is 1. The number of benzene rings is 3. The highest BCUT2D eigenvalue weighted by Crippen LogP contribution is 2.36. The van der Waals surface area contributed by atoms with Crippen LogP contribution in [0.5, 0.6) is 5.75 Å². The lowest BCUT2D eigenvalue weighted by molar-refractivity contribution is -0.122. The molecule has 3 aromatic rings. The fourth-order valence-electron chi connectivity index (χ4n) is 3.52. The number of rotatable bonds is 6. The Bertz CT molecular complexity index is 1460. The number of hydrogen-bond donors (Lipinski definition) is 1. The van der Waals surface area contributed by atoms with Crippen LogP contribution in [0.15, 0.2) is 75.2 Å². The summed E-state index contributed by atoms with van der Waals surface area (Å²) in [5, 5.41) is 2.14. The molecule has 1 N–H and O–H groups in total. The molecular formula is C26H17Br2FN2O6. The highest BCUT2D eigenvalue weighted by molar-refractivity contribution is 9.11. The number of methoxy groups -OCH3 is 1. The number of nitrogens with zero attached hydrogens (tertiary/aromatic N) is 1. The van der Waals surface area contributed by atoms with Crippen molar-refractivity contribution in [3.05, 3.63) is 97.7 Å². The molecule has 0 aromatic heterocycles. The summed E-state index contributed by atoms with van der Waals surface area (Å²) in [6.07, 6.45) is 1.28. The second kappa shape index (κ2) is 11.1. The van der Waals surface area contributed by atoms with E-state index in [1.165, 1.54) is 43.5 Å². The molecule has 0 unspecified atom stereocenters. The van der Waals surface area contributed by atoms with Gasteiger partial charge in [0.15, 0.2) is 0 Å². The number of barbiturate groups is 1. The molecule has 3 aromatic carbocycles. The van der Waals surface area contributed by atoms with Gasteiger partial charge in [0.25, 0.3) is 11.8 Å². The number of imide groups is 2. The van der Waals surface area contributed by atoms with E-state index >= 15 is 0 Å². The van der Waals surface area contributed by atoms with Gasteiger partial charge in [-0.2, -0.15) is 0 Å². The molecule has 0 radical (unpaired) electrons. The van der Waals surface area contributed by atoms with Crippen LogP contribution in [-0.2, 0) is 20.9 Å². The summed E-state index contributed by atoms with van der Waals surface area (Å²) in [4.78, 5) is 51.0. The quantitative estimate of drug-likeness (QED) is 0.223. The molecule has 4 amide bonds. The van der Waals surface area contributed by atoms with Gasteiger partial charge >= 0.3 is 12.0 Å². The standard InChI is InChI=1S/C26H17Br2FN2O6/c1-36-25(34)14-6-8-18(9-7-14)31-24(33)19(23(32)30-26(31)35)11-16-10-17(27)12-20(28)22(16)37-13-15-4-2-3-5-21(15)29/h2-12H,13H2,1H3,(H,30,32,35)/b19-11+. The maximum Gasteiger partial charge on any atom is 0.337 e. The summed E-state index contributed by atoms with van der Waals surface area (Å²) in [6, 6.07) is 14.0. The monoisotopic (exact) mass is 630 g/mol. The minimum Gasteiger partial charge on any atom is -0.487 e. The number of ether oxygens (including phenoxy) is 2. The van der Waals surface area contributed by atoms with Crippen LogP contribution in [0, 0.1) is 5.82 Å². The molecule has 0 bridgehead atoms. The molecular weight excluding hydrogens is 615 g/mol. The van der Waals surface area contributed by atoms with Crippen molar-refractivity contribution in [2.45, 2.75) is 6.61 Å². The van der Waals surface area contributed by atoms with Crippen molar-refractivity contribution < 1.29 is 33.0 Å². The average Bonchev–Trinajstić information content (AvgIpc) is 2.86. The van der Waals surface area contributed by atoms with Crippen molar-refractivity contribution in [2.75, 3.05) is 12.0 Å². The third kappa shape index (κ3) is 5.62. The molecule has 8 nitrogen and oxygen atoms in total. The fraction of sp³-hybridized carbons (Fsp3) is 0.0769. The molecule has 0 saturated carbocycles. The van der Waals surface area contributed by atoms with E-state index in [2.05, 4.69) is 41.9 Å². The van der Waals surface area contributed by atoms with Gasteiger partial charge in [-0.15, -0.1) is 0 Å². The smallest absolute Gasteiger partial charge is 0.337 e. The van der Waals surface area contributed by atoms with Gasteiger partial charge in [-0.25, -0.2) is 18.9 Å². The Morgan fingerprint density at radius 2 is 1.76 bits per heavy atom. The van der Waals surface area contributed by atoms with E-state index in [4.69, 9.17) is 4.74 Å². The molecule has 0 aliphatic carbocycles. The number of esters is 1. The lowest BCUT2D eigenvalue weighted by Crippen LogP contribution is -2.54. The second-order valence-corrected chi connectivity index (χ2v) is 9.45. The maximum atomic E-state index is 14.1. The van der Waals surface area contributed by atoms with Gasteiger partial charge in [-0.05, 0) is 64.5 Å². The van der Waals surface area contributed by atoms with Crippen LogP contribution in [0.3, 0.4) is 0 Å². The van der Waals surface area contributed by atoms with E-state index in [0.717, 1.165) is 4.90 Å². The molecule has 1 fully saturated rings. The number of carbonyl (C=O) groups is 4. The zero-order valence-corrected chi connectivity index (χ0v) is 22.3. The van der Waals surface area contributed by atoms with Crippen LogP contribution >= 0.6 is 31.9 Å². The Hall–Kier alpha value is -3.83. The molecule has 1 saturated heterocycles. The topological polar surface area (TPSA) is 102 Å². The Balaban J connectivity index is 1.70. The van der Waals surface area contributed by atoms with E-state index in [-0.39, 0.29) is 29.2 Å². The highest BCUT2D eigenvalue weighted by Gasteiger charge is 2.37. The molecule has 4 rings (SSSR count). The number of carbonyl (C=O) groups excluding carboxylic acids is 4. The molecule has 1 aliphatic rings. The van der Waals surface area contributed by atoms with Gasteiger partial charge in [0.05, 0.1) is 22.8 Å². The Morgan fingerprint density at radius 1 is 1.05 bits per heavy atom. The summed E-state index contributed by atoms with van der Waals surface area (Å²) in [7, 11) is 1.23. The number of urea groups is 1. The SMILES string of the molecule is COC(=O)c1ccc(N2C(=O)NC(=O)/C(=C\c3cc(Br)cc(Br)c3OCc3ccccc3F)C2=O)cc1. The lowest BCUT2D eigenvalue weighted by atomic mass is 10.1. The van der Waals surface area contributed by atoms with Crippen LogP contribution < -0.4 is 15.0 Å². The van der Waals surface area contributed by atoms with Crippen molar-refractivity contribution in [2.24, 2.45) is 0 Å². The van der Waals surface area contributed by atoms with Crippen LogP contribution in [0.25, 0.3) is 6.08 Å². The van der Waals surface area contributed by atoms with Gasteiger partial charge in [0.2, 0.25) is 0 Å². The van der Waals surface area contributed by atoms with E-state index in [0.29, 0.717) is 20.1 Å². The zero-order chi connectivity index (χ0) is 26.7. The van der Waals surface area contributed by atoms with Crippen LogP contribution in [0.4, 0.5) is 14.9 Å². The molecule has 188 valence electrons. The van der Waals surface area contributed by atoms with E-state index in [1.807, 2.05) is 0 Å². The van der Waals surface area contributed by atoms with Crippen LogP contribution in [-0.4, -0.2) is 30.9 Å². The summed E-state index contributed by atoms with van der Waals surface area (Å²) < 4.78 is 25.7. The number of halogens is 3. The largest absolute Gasteiger partial charge is 0.487 e. The molecule has 0 atom stereocenters. The number of amides is 4. The molecule has 1 aliphatic heterocycles. The van der Waals surface area contributed by atoms with Crippen molar-refractivity contribution >= 4 is 67.4 Å². The maximum absolute atomic E-state index is 14.1. The van der Waals surface area contributed by atoms with Crippen molar-refractivity contribution in [3.8, 4) is 5.75 Å². The highest BCUT2D eigenvalue weighted by atomic mass is 79.9. The van der Waals surface area contributed by atoms with Crippen LogP contribution in [0.2, 0.25) is 0 Å². The minimum absolute atomic E-state index is 0.111. The summed E-state index contributed by atoms with van der Waals surface area (Å²) in [6.45, 7) is -0.111. The van der Waals surface area contributed by atoms with E-state index < -0.39 is 29.6 Å². The fourth-order valence-corrected chi connectivity index (χ4v) is 4.89. The normalized spacial score (nSPS) is 14.5. The first-order valence-electron chi connectivity index (χ1n) is 10.6. The Kier molecular flexibility index (Phi) is 7.84. The number of anilines is 1. The van der Waals surface area contributed by atoms with Crippen molar-refractivity contribution in [3.63, 3.8) is 0 Å². The minimum atomic E-state index is -0.940. The Morgan fingerprint density at radius 3 is 2.43 bits per heavy atom. The summed E-state index contributed by atoms with van der Waals surface area (Å²) in [5.74, 6) is -2.54. The van der Waals surface area contributed by atoms with Gasteiger partial charge < -0.3 is 9.47 Å². The van der Waals surface area contributed by atoms with Gasteiger partial charge in [-0.3, -0.25) is 14.9 Å². The first-order valence-corrected chi connectivity index (χ1v) is 12.2. The predicted molar refractivity (Wildman–Crippen MR) is 139 cm³/mol. The predicted octanol–water partition coefficient (Wildman–Crippen LogP) is 5.38. The third-order valence-electron chi connectivity index (χ3n) is 5.32. The summed E-state index contributed by atoms with van der Waals surface area (Å²) >= 11 is 6.77. The van der Waals surface area contributed by atoms with Gasteiger partial charge in [-0.1, -0.05) is 34.1 Å². The van der Waals surface area contributed by atoms with Gasteiger partial charge in [0.1, 0.15) is 23.7 Å². The number of hydrogen-bond acceptors (Lipinski definition) is 6. The lowest BCUT2D eigenvalue weighted by Gasteiger charge is -2.26. The first-order chi connectivity index (χ1) is 17.7. The van der Waals surface area contributed by atoms with Crippen LogP contribution in [0.1, 0.15) is 21.5 Å². The average molecular weight is 632 g/mol. The zero-order valence-electron chi connectivity index (χ0n) is 19.1. The second-order valence-electron chi connectivity index (χ2n) is 7.68. The van der Waals surface area contributed by atoms with E-state index in [1.54, 1.807) is 30.3 Å². The summed E-state index contributed by atoms with van der Waals surface area (Å²) in [5.41, 5.74) is 0.664. The Labute approximate surface area is 227 Å². The molecule has 1 heterocycles. The molecule has 37 heavy (non-hydrogen) atoms. The first kappa shape index (κ1) is 26.2.